The number of halogens is 2. The molecule has 1 saturated heterocycles. The minimum absolute atomic E-state index is 0.0629. The number of aromatic nitrogens is 4. The lowest BCUT2D eigenvalue weighted by Gasteiger charge is -2.22. The van der Waals surface area contributed by atoms with Crippen molar-refractivity contribution < 1.29 is 27.7 Å². The zero-order valence-corrected chi connectivity index (χ0v) is 17.7. The van der Waals surface area contributed by atoms with Crippen molar-refractivity contribution >= 4 is 11.6 Å². The predicted molar refractivity (Wildman–Crippen MR) is 110 cm³/mol. The SMILES string of the molecule is COc1cc(OC)c(F)c(COc2cnc(Nc3cnn(C4CCCCO4)c3)nc2)c1F. The molecule has 1 N–H and O–H groups in total. The molecule has 0 spiro atoms. The lowest BCUT2D eigenvalue weighted by molar-refractivity contribution is -0.0394. The van der Waals surface area contributed by atoms with Crippen molar-refractivity contribution in [1.82, 2.24) is 19.7 Å². The number of nitrogens with zero attached hydrogens (tertiary/aromatic N) is 4. The van der Waals surface area contributed by atoms with Crippen LogP contribution in [0.1, 0.15) is 31.1 Å². The van der Waals surface area contributed by atoms with Crippen molar-refractivity contribution in [3.05, 3.63) is 48.1 Å². The second-order valence-corrected chi connectivity index (χ2v) is 7.07. The summed E-state index contributed by atoms with van der Waals surface area (Å²) in [6.07, 6.45) is 9.31. The van der Waals surface area contributed by atoms with E-state index in [4.69, 9.17) is 18.9 Å². The van der Waals surface area contributed by atoms with E-state index >= 15 is 0 Å². The van der Waals surface area contributed by atoms with Gasteiger partial charge in [0.1, 0.15) is 12.8 Å². The second-order valence-electron chi connectivity index (χ2n) is 7.07. The topological polar surface area (TPSA) is 92.6 Å². The Kier molecular flexibility index (Phi) is 6.64. The van der Waals surface area contributed by atoms with E-state index in [9.17, 15) is 8.78 Å². The molecule has 1 aromatic carbocycles. The number of ether oxygens (including phenoxy) is 4. The smallest absolute Gasteiger partial charge is 0.227 e. The zero-order valence-electron chi connectivity index (χ0n) is 17.7. The monoisotopic (exact) mass is 447 g/mol. The van der Waals surface area contributed by atoms with Gasteiger partial charge in [0.2, 0.25) is 5.95 Å². The molecule has 170 valence electrons. The van der Waals surface area contributed by atoms with Crippen LogP contribution in [0.25, 0.3) is 0 Å². The zero-order chi connectivity index (χ0) is 22.5. The average Bonchev–Trinajstić information content (AvgIpc) is 3.29. The Hall–Kier alpha value is -3.47. The van der Waals surface area contributed by atoms with Crippen LogP contribution in [0.2, 0.25) is 0 Å². The van der Waals surface area contributed by atoms with Gasteiger partial charge in [-0.25, -0.2) is 23.4 Å². The largest absolute Gasteiger partial charge is 0.494 e. The molecule has 2 aromatic heterocycles. The van der Waals surface area contributed by atoms with Crippen LogP contribution in [0.15, 0.2) is 30.9 Å². The summed E-state index contributed by atoms with van der Waals surface area (Å²) >= 11 is 0. The molecule has 3 aromatic rings. The molecular weight excluding hydrogens is 424 g/mol. The summed E-state index contributed by atoms with van der Waals surface area (Å²) in [6, 6.07) is 1.14. The highest BCUT2D eigenvalue weighted by atomic mass is 19.1. The molecule has 4 rings (SSSR count). The molecule has 1 fully saturated rings. The first-order valence-corrected chi connectivity index (χ1v) is 10.1. The summed E-state index contributed by atoms with van der Waals surface area (Å²) in [5.41, 5.74) is 0.390. The van der Waals surface area contributed by atoms with E-state index in [0.29, 0.717) is 11.6 Å². The van der Waals surface area contributed by atoms with Gasteiger partial charge in [0.05, 0.1) is 50.3 Å². The summed E-state index contributed by atoms with van der Waals surface area (Å²) < 4.78 is 51.7. The summed E-state index contributed by atoms with van der Waals surface area (Å²) in [5.74, 6) is -1.44. The van der Waals surface area contributed by atoms with Crippen LogP contribution in [0.5, 0.6) is 17.2 Å². The first kappa shape index (κ1) is 21.8. The molecule has 32 heavy (non-hydrogen) atoms. The van der Waals surface area contributed by atoms with E-state index in [1.165, 1.54) is 26.6 Å². The Balaban J connectivity index is 1.39. The molecule has 1 aliphatic rings. The fourth-order valence-electron chi connectivity index (χ4n) is 3.30. The number of anilines is 2. The maximum atomic E-state index is 14.4. The lowest BCUT2D eigenvalue weighted by atomic mass is 10.1. The normalized spacial score (nSPS) is 15.9. The molecule has 0 saturated carbocycles. The number of benzene rings is 1. The minimum atomic E-state index is -0.857. The Bertz CT molecular complexity index is 1030. The van der Waals surface area contributed by atoms with Crippen molar-refractivity contribution in [3.8, 4) is 17.2 Å². The van der Waals surface area contributed by atoms with Crippen LogP contribution in [-0.2, 0) is 11.3 Å². The van der Waals surface area contributed by atoms with Crippen LogP contribution < -0.4 is 19.5 Å². The summed E-state index contributed by atoms with van der Waals surface area (Å²) in [7, 11) is 2.57. The van der Waals surface area contributed by atoms with E-state index in [0.717, 1.165) is 31.9 Å². The lowest BCUT2D eigenvalue weighted by Crippen LogP contribution is -2.18. The highest BCUT2D eigenvalue weighted by Crippen LogP contribution is 2.32. The van der Waals surface area contributed by atoms with E-state index in [1.54, 1.807) is 10.9 Å². The molecule has 0 radical (unpaired) electrons. The molecule has 1 atom stereocenters. The first-order chi connectivity index (χ1) is 15.6. The molecular formula is C21H23F2N5O4. The standard InChI is InChI=1S/C21H23F2N5O4/c1-29-16-7-17(30-2)20(23)15(19(16)22)12-32-14-9-24-21(25-10-14)27-13-8-26-28(11-13)18-5-3-4-6-31-18/h7-11,18H,3-6,12H2,1-2H3,(H,24,25,27). The number of methoxy groups -OCH3 is 2. The maximum absolute atomic E-state index is 14.4. The number of rotatable bonds is 8. The molecule has 3 heterocycles. The van der Waals surface area contributed by atoms with Gasteiger partial charge >= 0.3 is 0 Å². The Morgan fingerprint density at radius 1 is 1.09 bits per heavy atom. The van der Waals surface area contributed by atoms with Crippen LogP contribution >= 0.6 is 0 Å². The van der Waals surface area contributed by atoms with Crippen molar-refractivity contribution in [2.24, 2.45) is 0 Å². The molecule has 1 aliphatic heterocycles. The fourth-order valence-corrected chi connectivity index (χ4v) is 3.30. The van der Waals surface area contributed by atoms with E-state index in [1.807, 2.05) is 6.20 Å². The van der Waals surface area contributed by atoms with Crippen LogP contribution in [0.4, 0.5) is 20.4 Å². The number of nitrogens with one attached hydrogen (secondary N) is 1. The molecule has 0 bridgehead atoms. The van der Waals surface area contributed by atoms with E-state index in [2.05, 4.69) is 20.4 Å². The Morgan fingerprint density at radius 2 is 1.81 bits per heavy atom. The fraction of sp³-hybridized carbons (Fsp3) is 0.381. The minimum Gasteiger partial charge on any atom is -0.494 e. The third kappa shape index (κ3) is 4.72. The summed E-state index contributed by atoms with van der Waals surface area (Å²) in [5, 5.41) is 7.36. The average molecular weight is 447 g/mol. The highest BCUT2D eigenvalue weighted by Gasteiger charge is 2.21. The van der Waals surface area contributed by atoms with Gasteiger partial charge in [0.25, 0.3) is 0 Å². The van der Waals surface area contributed by atoms with Gasteiger partial charge in [-0.05, 0) is 19.3 Å². The number of hydrogen-bond donors (Lipinski definition) is 1. The number of hydrogen-bond acceptors (Lipinski definition) is 8. The van der Waals surface area contributed by atoms with Crippen LogP contribution in [0.3, 0.4) is 0 Å². The Morgan fingerprint density at radius 3 is 2.44 bits per heavy atom. The van der Waals surface area contributed by atoms with Gasteiger partial charge in [0.15, 0.2) is 28.9 Å². The van der Waals surface area contributed by atoms with Gasteiger partial charge in [-0.1, -0.05) is 0 Å². The third-order valence-corrected chi connectivity index (χ3v) is 4.98. The molecule has 0 amide bonds. The van der Waals surface area contributed by atoms with Gasteiger partial charge < -0.3 is 24.3 Å². The van der Waals surface area contributed by atoms with Crippen LogP contribution in [0, 0.1) is 11.6 Å². The summed E-state index contributed by atoms with van der Waals surface area (Å²) in [6.45, 7) is 0.337. The van der Waals surface area contributed by atoms with Crippen molar-refractivity contribution in [1.29, 1.82) is 0 Å². The maximum Gasteiger partial charge on any atom is 0.227 e. The van der Waals surface area contributed by atoms with Crippen molar-refractivity contribution in [2.75, 3.05) is 26.1 Å². The van der Waals surface area contributed by atoms with Crippen molar-refractivity contribution in [2.45, 2.75) is 32.1 Å². The van der Waals surface area contributed by atoms with Gasteiger partial charge in [-0.2, -0.15) is 5.10 Å². The molecule has 11 heteroatoms. The van der Waals surface area contributed by atoms with Gasteiger partial charge in [-0.3, -0.25) is 0 Å². The quantitative estimate of drug-likeness (QED) is 0.554. The van der Waals surface area contributed by atoms with Gasteiger partial charge in [0, 0.05) is 12.7 Å². The molecule has 1 unspecified atom stereocenters. The Labute approximate surface area is 183 Å². The third-order valence-electron chi connectivity index (χ3n) is 4.98. The highest BCUT2D eigenvalue weighted by molar-refractivity contribution is 5.50. The van der Waals surface area contributed by atoms with E-state index < -0.39 is 18.2 Å². The molecule has 9 nitrogen and oxygen atoms in total. The van der Waals surface area contributed by atoms with Crippen LogP contribution in [-0.4, -0.2) is 40.6 Å². The second kappa shape index (κ2) is 9.77. The first-order valence-electron chi connectivity index (χ1n) is 10.1. The summed E-state index contributed by atoms with van der Waals surface area (Å²) in [4.78, 5) is 8.34. The molecule has 0 aliphatic carbocycles. The van der Waals surface area contributed by atoms with Gasteiger partial charge in [-0.15, -0.1) is 0 Å². The predicted octanol–water partition coefficient (Wildman–Crippen LogP) is 3.99. The van der Waals surface area contributed by atoms with Crippen molar-refractivity contribution in [3.63, 3.8) is 0 Å². The van der Waals surface area contributed by atoms with E-state index in [-0.39, 0.29) is 29.0 Å².